The van der Waals surface area contributed by atoms with Crippen LogP contribution in [0.3, 0.4) is 0 Å². The second kappa shape index (κ2) is 7.19. The summed E-state index contributed by atoms with van der Waals surface area (Å²) in [6.07, 6.45) is 2.98. The largest absolute Gasteiger partial charge is 0.392 e. The van der Waals surface area contributed by atoms with Crippen LogP contribution in [0.1, 0.15) is 24.8 Å². The Kier molecular flexibility index (Phi) is 5.79. The van der Waals surface area contributed by atoms with Crippen molar-refractivity contribution in [2.75, 3.05) is 20.2 Å². The minimum absolute atomic E-state index is 0.0333. The Morgan fingerprint density at radius 3 is 2.76 bits per heavy atom. The predicted octanol–water partition coefficient (Wildman–Crippen LogP) is 2.13. The molecule has 1 fully saturated rings. The average molecular weight is 378 g/mol. The molecule has 0 saturated carbocycles. The molecule has 0 bridgehead atoms. The number of nitrogens with zero attached hydrogens (tertiary/aromatic N) is 1. The van der Waals surface area contributed by atoms with E-state index in [-0.39, 0.29) is 17.6 Å². The molecule has 118 valence electrons. The van der Waals surface area contributed by atoms with Gasteiger partial charge in [-0.2, -0.15) is 4.31 Å². The maximum absolute atomic E-state index is 12.6. The third-order valence-corrected chi connectivity index (χ3v) is 6.40. The smallest absolute Gasteiger partial charge is 0.244 e. The summed E-state index contributed by atoms with van der Waals surface area (Å²) in [5.41, 5.74) is 0.666. The van der Waals surface area contributed by atoms with Gasteiger partial charge in [0.2, 0.25) is 10.0 Å². The van der Waals surface area contributed by atoms with E-state index < -0.39 is 10.0 Å². The maximum Gasteiger partial charge on any atom is 0.244 e. The highest BCUT2D eigenvalue weighted by atomic mass is 79.9. The first kappa shape index (κ1) is 16.9. The van der Waals surface area contributed by atoms with E-state index in [2.05, 4.69) is 15.9 Å². The maximum atomic E-state index is 12.6. The summed E-state index contributed by atoms with van der Waals surface area (Å²) >= 11 is 3.27. The topological polar surface area (TPSA) is 66.8 Å². The molecule has 1 aliphatic rings. The molecule has 5 nitrogen and oxygen atoms in total. The second-order valence-corrected chi connectivity index (χ2v) is 8.06. The number of sulfonamides is 1. The molecule has 0 radical (unpaired) electrons. The molecule has 7 heteroatoms. The van der Waals surface area contributed by atoms with Crippen molar-refractivity contribution in [3.8, 4) is 0 Å². The molecule has 1 aromatic rings. The van der Waals surface area contributed by atoms with Crippen LogP contribution in [0.5, 0.6) is 0 Å². The van der Waals surface area contributed by atoms with E-state index in [0.29, 0.717) is 23.2 Å². The van der Waals surface area contributed by atoms with Gasteiger partial charge in [-0.3, -0.25) is 0 Å². The standard InChI is InChI=1S/C14H20BrNO4S/c1-16(9-12-4-2-3-7-20-12)21(18,19)14-6-5-11(10-17)8-13(14)15/h5-6,8,12,17H,2-4,7,9-10H2,1H3. The van der Waals surface area contributed by atoms with Crippen molar-refractivity contribution in [1.29, 1.82) is 0 Å². The zero-order valence-corrected chi connectivity index (χ0v) is 14.4. The summed E-state index contributed by atoms with van der Waals surface area (Å²) in [5.74, 6) is 0. The zero-order valence-electron chi connectivity index (χ0n) is 12.0. The van der Waals surface area contributed by atoms with Gasteiger partial charge in [-0.1, -0.05) is 6.07 Å². The number of hydrogen-bond donors (Lipinski definition) is 1. The van der Waals surface area contributed by atoms with Crippen molar-refractivity contribution in [1.82, 2.24) is 4.31 Å². The lowest BCUT2D eigenvalue weighted by Gasteiger charge is -2.27. The lowest BCUT2D eigenvalue weighted by molar-refractivity contribution is 0.00858. The van der Waals surface area contributed by atoms with Gasteiger partial charge in [0, 0.05) is 24.7 Å². The van der Waals surface area contributed by atoms with Gasteiger partial charge in [0.15, 0.2) is 0 Å². The molecule has 2 rings (SSSR count). The Morgan fingerprint density at radius 1 is 1.43 bits per heavy atom. The molecule has 1 saturated heterocycles. The van der Waals surface area contributed by atoms with Crippen molar-refractivity contribution in [3.05, 3.63) is 28.2 Å². The summed E-state index contributed by atoms with van der Waals surface area (Å²) in [5, 5.41) is 9.08. The Bertz CT molecular complexity index is 585. The molecule has 0 aliphatic carbocycles. The average Bonchev–Trinajstić information content (AvgIpc) is 2.47. The minimum Gasteiger partial charge on any atom is -0.392 e. The van der Waals surface area contributed by atoms with Gasteiger partial charge in [0.25, 0.3) is 0 Å². The quantitative estimate of drug-likeness (QED) is 0.853. The first-order chi connectivity index (χ1) is 9.95. The van der Waals surface area contributed by atoms with Crippen LogP contribution in [0.2, 0.25) is 0 Å². The number of benzene rings is 1. The number of aliphatic hydroxyl groups is 1. The molecule has 1 N–H and O–H groups in total. The lowest BCUT2D eigenvalue weighted by Crippen LogP contribution is -2.37. The fourth-order valence-corrected chi connectivity index (χ4v) is 4.64. The highest BCUT2D eigenvalue weighted by molar-refractivity contribution is 9.10. The molecular weight excluding hydrogens is 358 g/mol. The lowest BCUT2D eigenvalue weighted by atomic mass is 10.1. The van der Waals surface area contributed by atoms with Gasteiger partial charge in [0.1, 0.15) is 0 Å². The summed E-state index contributed by atoms with van der Waals surface area (Å²) in [6.45, 7) is 0.939. The molecule has 0 aromatic heterocycles. The summed E-state index contributed by atoms with van der Waals surface area (Å²) < 4.78 is 32.6. The molecule has 21 heavy (non-hydrogen) atoms. The fourth-order valence-electron chi connectivity index (χ4n) is 2.36. The van der Waals surface area contributed by atoms with Crippen LogP contribution in [-0.4, -0.2) is 44.1 Å². The van der Waals surface area contributed by atoms with E-state index in [4.69, 9.17) is 9.84 Å². The molecule has 1 aromatic carbocycles. The summed E-state index contributed by atoms with van der Waals surface area (Å²) in [6, 6.07) is 4.75. The van der Waals surface area contributed by atoms with Crippen LogP contribution in [0.4, 0.5) is 0 Å². The van der Waals surface area contributed by atoms with Crippen LogP contribution in [0, 0.1) is 0 Å². The Morgan fingerprint density at radius 2 is 2.19 bits per heavy atom. The first-order valence-corrected chi connectivity index (χ1v) is 9.15. The van der Waals surface area contributed by atoms with E-state index in [1.54, 1.807) is 19.2 Å². The molecule has 1 heterocycles. The first-order valence-electron chi connectivity index (χ1n) is 6.92. The third-order valence-electron chi connectivity index (χ3n) is 3.60. The number of halogens is 1. The van der Waals surface area contributed by atoms with E-state index in [9.17, 15) is 8.42 Å². The summed E-state index contributed by atoms with van der Waals surface area (Å²) in [7, 11) is -2.00. The number of aliphatic hydroxyl groups excluding tert-OH is 1. The number of hydrogen-bond acceptors (Lipinski definition) is 4. The zero-order chi connectivity index (χ0) is 15.5. The van der Waals surface area contributed by atoms with Gasteiger partial charge in [-0.25, -0.2) is 8.42 Å². The van der Waals surface area contributed by atoms with Crippen molar-refractivity contribution in [2.24, 2.45) is 0 Å². The molecule has 0 spiro atoms. The minimum atomic E-state index is -3.57. The van der Waals surface area contributed by atoms with Gasteiger partial charge < -0.3 is 9.84 Å². The van der Waals surface area contributed by atoms with E-state index in [1.807, 2.05) is 0 Å². The second-order valence-electron chi connectivity index (χ2n) is 5.20. The molecular formula is C14H20BrNO4S. The predicted molar refractivity (Wildman–Crippen MR) is 83.5 cm³/mol. The third kappa shape index (κ3) is 4.04. The van der Waals surface area contributed by atoms with Crippen LogP contribution in [0.25, 0.3) is 0 Å². The van der Waals surface area contributed by atoms with Crippen molar-refractivity contribution >= 4 is 26.0 Å². The monoisotopic (exact) mass is 377 g/mol. The van der Waals surface area contributed by atoms with Gasteiger partial charge in [-0.05, 0) is 52.9 Å². The van der Waals surface area contributed by atoms with E-state index in [0.717, 1.165) is 19.3 Å². The number of ether oxygens (including phenoxy) is 1. The summed E-state index contributed by atoms with van der Waals surface area (Å²) in [4.78, 5) is 0.206. The van der Waals surface area contributed by atoms with E-state index >= 15 is 0 Å². The van der Waals surface area contributed by atoms with Crippen LogP contribution in [0.15, 0.2) is 27.6 Å². The van der Waals surface area contributed by atoms with Crippen LogP contribution < -0.4 is 0 Å². The highest BCUT2D eigenvalue weighted by Crippen LogP contribution is 2.26. The van der Waals surface area contributed by atoms with Gasteiger partial charge in [0.05, 0.1) is 17.6 Å². The molecule has 1 atom stereocenters. The molecule has 1 unspecified atom stereocenters. The van der Waals surface area contributed by atoms with Gasteiger partial charge in [-0.15, -0.1) is 0 Å². The highest BCUT2D eigenvalue weighted by Gasteiger charge is 2.27. The van der Waals surface area contributed by atoms with E-state index in [1.165, 1.54) is 10.4 Å². The number of rotatable bonds is 5. The van der Waals surface area contributed by atoms with Crippen molar-refractivity contribution in [3.63, 3.8) is 0 Å². The normalized spacial score (nSPS) is 19.9. The molecule has 1 aliphatic heterocycles. The SMILES string of the molecule is CN(CC1CCCCO1)S(=O)(=O)c1ccc(CO)cc1Br. The van der Waals surface area contributed by atoms with Gasteiger partial charge >= 0.3 is 0 Å². The Hall–Kier alpha value is -0.470. The number of likely N-dealkylation sites (N-methyl/N-ethyl adjacent to an activating group) is 1. The Labute approximate surface area is 134 Å². The van der Waals surface area contributed by atoms with Crippen molar-refractivity contribution < 1.29 is 18.3 Å². The molecule has 0 amide bonds. The van der Waals surface area contributed by atoms with Crippen LogP contribution in [-0.2, 0) is 21.4 Å². The Balaban J connectivity index is 2.16. The fraction of sp³-hybridized carbons (Fsp3) is 0.571. The van der Waals surface area contributed by atoms with Crippen molar-refractivity contribution in [2.45, 2.75) is 36.9 Å². The van der Waals surface area contributed by atoms with Crippen LogP contribution >= 0.6 is 15.9 Å².